The molecule has 1 amide bonds. The first kappa shape index (κ1) is 16.3. The number of carbonyl (C=O) groups excluding carboxylic acids is 1. The van der Waals surface area contributed by atoms with Crippen LogP contribution in [0.1, 0.15) is 50.2 Å². The molecule has 0 spiro atoms. The molecule has 1 aromatic carbocycles. The molecule has 0 aromatic heterocycles. The third-order valence-electron chi connectivity index (χ3n) is 3.58. The van der Waals surface area contributed by atoms with Crippen LogP contribution in [0.5, 0.6) is 0 Å². The Kier molecular flexibility index (Phi) is 6.19. The fourth-order valence-electron chi connectivity index (χ4n) is 2.34. The van der Waals surface area contributed by atoms with Gasteiger partial charge in [0.15, 0.2) is 6.61 Å². The molecule has 0 bridgehead atoms. The highest BCUT2D eigenvalue weighted by molar-refractivity contribution is 6.01. The van der Waals surface area contributed by atoms with E-state index in [4.69, 9.17) is 4.74 Å². The van der Waals surface area contributed by atoms with Crippen molar-refractivity contribution < 1.29 is 9.53 Å². The number of carbonyl (C=O) groups is 1. The molecule has 0 aliphatic heterocycles. The Morgan fingerprint density at radius 1 is 1.32 bits per heavy atom. The number of allylic oxidation sites excluding steroid dienone is 2. The number of nitrogens with one attached hydrogen (secondary N) is 1. The van der Waals surface area contributed by atoms with E-state index in [1.807, 2.05) is 18.2 Å². The van der Waals surface area contributed by atoms with Crippen LogP contribution in [0, 0.1) is 6.92 Å². The number of rotatable bonds is 7. The van der Waals surface area contributed by atoms with E-state index in [9.17, 15) is 4.79 Å². The molecule has 0 radical (unpaired) electrons. The van der Waals surface area contributed by atoms with Gasteiger partial charge in [-0.25, -0.2) is 5.43 Å². The smallest absolute Gasteiger partial charge is 0.277 e. The first-order chi connectivity index (χ1) is 10.7. The minimum atomic E-state index is -0.214. The van der Waals surface area contributed by atoms with E-state index < -0.39 is 0 Å². The van der Waals surface area contributed by atoms with Gasteiger partial charge in [-0.15, -0.1) is 0 Å². The first-order valence-electron chi connectivity index (χ1n) is 7.93. The number of hydrogen-bond donors (Lipinski definition) is 1. The number of benzene rings is 1. The second kappa shape index (κ2) is 8.37. The van der Waals surface area contributed by atoms with Crippen LogP contribution in [-0.4, -0.2) is 18.2 Å². The molecule has 2 rings (SSSR count). The van der Waals surface area contributed by atoms with Gasteiger partial charge in [0.25, 0.3) is 5.91 Å². The molecule has 1 aromatic rings. The van der Waals surface area contributed by atoms with Crippen molar-refractivity contribution in [3.05, 3.63) is 47.2 Å². The summed E-state index contributed by atoms with van der Waals surface area (Å²) in [6.45, 7) is 4.18. The van der Waals surface area contributed by atoms with Crippen LogP contribution in [0.25, 0.3) is 0 Å². The van der Waals surface area contributed by atoms with Crippen LogP contribution >= 0.6 is 0 Å². The van der Waals surface area contributed by atoms with E-state index in [0.717, 1.165) is 49.1 Å². The van der Waals surface area contributed by atoms with Crippen molar-refractivity contribution in [3.63, 3.8) is 0 Å². The number of aryl methyl sites for hydroxylation is 1. The Bertz CT molecular complexity index is 559. The summed E-state index contributed by atoms with van der Waals surface area (Å²) in [5.41, 5.74) is 5.76. The van der Waals surface area contributed by atoms with Crippen LogP contribution < -0.4 is 5.43 Å². The number of hydrazone groups is 1. The van der Waals surface area contributed by atoms with E-state index in [1.54, 1.807) is 0 Å². The molecule has 4 nitrogen and oxygen atoms in total. The molecular weight excluding hydrogens is 276 g/mol. The Hall–Kier alpha value is -2.10. The van der Waals surface area contributed by atoms with Crippen molar-refractivity contribution >= 4 is 11.6 Å². The zero-order valence-electron chi connectivity index (χ0n) is 13.4. The molecule has 0 unspecified atom stereocenters. The lowest BCUT2D eigenvalue weighted by Crippen LogP contribution is -2.24. The van der Waals surface area contributed by atoms with E-state index >= 15 is 0 Å². The molecule has 0 saturated carbocycles. The Morgan fingerprint density at radius 3 is 2.73 bits per heavy atom. The minimum absolute atomic E-state index is 0.0304. The summed E-state index contributed by atoms with van der Waals surface area (Å²) in [6.07, 6.45) is 6.94. The Morgan fingerprint density at radius 2 is 2.09 bits per heavy atom. The summed E-state index contributed by atoms with van der Waals surface area (Å²) in [5.74, 6) is 0.708. The highest BCUT2D eigenvalue weighted by Gasteiger charge is 2.09. The van der Waals surface area contributed by atoms with Crippen molar-refractivity contribution in [2.75, 3.05) is 6.61 Å². The first-order valence-corrected chi connectivity index (χ1v) is 7.93. The summed E-state index contributed by atoms with van der Waals surface area (Å²) in [7, 11) is 0. The maximum Gasteiger partial charge on any atom is 0.277 e. The largest absolute Gasteiger partial charge is 0.488 e. The standard InChI is InChI=1S/C18H24N2O2/c1-3-6-17(15-11-9-14(2)10-12-15)19-20-18(21)13-22-16-7-4-5-8-16/h7,9-12H,3-6,8,13H2,1-2H3,(H,20,21)/b19-17+. The Labute approximate surface area is 132 Å². The fourth-order valence-corrected chi connectivity index (χ4v) is 2.34. The summed E-state index contributed by atoms with van der Waals surface area (Å²) in [6, 6.07) is 8.18. The number of amides is 1. The topological polar surface area (TPSA) is 50.7 Å². The molecule has 1 aliphatic rings. The number of nitrogens with zero attached hydrogens (tertiary/aromatic N) is 1. The lowest BCUT2D eigenvalue weighted by atomic mass is 10.0. The van der Waals surface area contributed by atoms with Crippen molar-refractivity contribution in [1.29, 1.82) is 0 Å². The summed E-state index contributed by atoms with van der Waals surface area (Å²) < 4.78 is 5.46. The second-order valence-electron chi connectivity index (χ2n) is 5.56. The quantitative estimate of drug-likeness (QED) is 0.616. The van der Waals surface area contributed by atoms with Gasteiger partial charge >= 0.3 is 0 Å². The predicted molar refractivity (Wildman–Crippen MR) is 88.7 cm³/mol. The van der Waals surface area contributed by atoms with Crippen molar-refractivity contribution in [2.45, 2.75) is 46.0 Å². The van der Waals surface area contributed by atoms with E-state index in [1.165, 1.54) is 5.56 Å². The molecule has 1 aliphatic carbocycles. The van der Waals surface area contributed by atoms with Crippen LogP contribution in [0.3, 0.4) is 0 Å². The van der Waals surface area contributed by atoms with Gasteiger partial charge in [-0.2, -0.15) is 5.10 Å². The van der Waals surface area contributed by atoms with Crippen LogP contribution in [-0.2, 0) is 9.53 Å². The van der Waals surface area contributed by atoms with Crippen LogP contribution in [0.2, 0.25) is 0 Å². The highest BCUT2D eigenvalue weighted by atomic mass is 16.5. The van der Waals surface area contributed by atoms with E-state index in [-0.39, 0.29) is 12.5 Å². The third-order valence-corrected chi connectivity index (χ3v) is 3.58. The van der Waals surface area contributed by atoms with Crippen molar-refractivity contribution in [2.24, 2.45) is 5.10 Å². The normalized spacial score (nSPS) is 14.6. The van der Waals surface area contributed by atoms with E-state index in [0.29, 0.717) is 0 Å². The van der Waals surface area contributed by atoms with Gasteiger partial charge < -0.3 is 4.74 Å². The van der Waals surface area contributed by atoms with E-state index in [2.05, 4.69) is 36.5 Å². The number of ether oxygens (including phenoxy) is 1. The molecule has 4 heteroatoms. The van der Waals surface area contributed by atoms with Gasteiger partial charge in [0, 0.05) is 6.42 Å². The molecule has 1 N–H and O–H groups in total. The van der Waals surface area contributed by atoms with Crippen molar-refractivity contribution in [3.8, 4) is 0 Å². The highest BCUT2D eigenvalue weighted by Crippen LogP contribution is 2.18. The van der Waals surface area contributed by atoms with Crippen LogP contribution in [0.4, 0.5) is 0 Å². The Balaban J connectivity index is 1.91. The van der Waals surface area contributed by atoms with Gasteiger partial charge in [-0.3, -0.25) is 4.79 Å². The maximum absolute atomic E-state index is 11.8. The predicted octanol–water partition coefficient (Wildman–Crippen LogP) is 3.70. The molecule has 22 heavy (non-hydrogen) atoms. The monoisotopic (exact) mass is 300 g/mol. The molecule has 0 heterocycles. The average Bonchev–Trinajstić information content (AvgIpc) is 3.04. The number of hydrogen-bond acceptors (Lipinski definition) is 3. The zero-order valence-corrected chi connectivity index (χ0v) is 13.4. The van der Waals surface area contributed by atoms with Crippen LogP contribution in [0.15, 0.2) is 41.2 Å². The molecule has 0 saturated heterocycles. The summed E-state index contributed by atoms with van der Waals surface area (Å²) >= 11 is 0. The average molecular weight is 300 g/mol. The molecule has 0 atom stereocenters. The SMILES string of the molecule is CCC/C(=N\NC(=O)COC1=CCCC1)c1ccc(C)cc1. The van der Waals surface area contributed by atoms with Gasteiger partial charge in [0.2, 0.25) is 0 Å². The van der Waals surface area contributed by atoms with Gasteiger partial charge in [-0.05, 0) is 37.8 Å². The fraction of sp³-hybridized carbons (Fsp3) is 0.444. The molecular formula is C18H24N2O2. The molecule has 0 fully saturated rings. The maximum atomic E-state index is 11.8. The lowest BCUT2D eigenvalue weighted by molar-refractivity contribution is -0.124. The molecule has 118 valence electrons. The third kappa shape index (κ3) is 5.02. The van der Waals surface area contributed by atoms with Gasteiger partial charge in [-0.1, -0.05) is 43.2 Å². The second-order valence-corrected chi connectivity index (χ2v) is 5.56. The summed E-state index contributed by atoms with van der Waals surface area (Å²) in [4.78, 5) is 11.8. The van der Waals surface area contributed by atoms with Gasteiger partial charge in [0.05, 0.1) is 11.5 Å². The van der Waals surface area contributed by atoms with Gasteiger partial charge in [0.1, 0.15) is 0 Å². The minimum Gasteiger partial charge on any atom is -0.488 e. The van der Waals surface area contributed by atoms with Crippen molar-refractivity contribution in [1.82, 2.24) is 5.43 Å². The summed E-state index contributed by atoms with van der Waals surface area (Å²) in [5, 5.41) is 4.28. The zero-order chi connectivity index (χ0) is 15.8. The lowest BCUT2D eigenvalue weighted by Gasteiger charge is -2.08.